The van der Waals surface area contributed by atoms with E-state index in [0.29, 0.717) is 6.04 Å². The fourth-order valence-corrected chi connectivity index (χ4v) is 1.85. The summed E-state index contributed by atoms with van der Waals surface area (Å²) in [5.41, 5.74) is 3.90. The summed E-state index contributed by atoms with van der Waals surface area (Å²) in [6.45, 7) is 6.07. The zero-order valence-electron chi connectivity index (χ0n) is 10.4. The van der Waals surface area contributed by atoms with Crippen molar-refractivity contribution in [2.75, 3.05) is 0 Å². The molecular weight excluding hydrogens is 224 g/mol. The summed E-state index contributed by atoms with van der Waals surface area (Å²) in [4.78, 5) is 0. The maximum atomic E-state index is 4.15. The predicted molar refractivity (Wildman–Crippen MR) is 71.3 cm³/mol. The molecular formula is C14H16N4. The molecule has 4 heteroatoms. The van der Waals surface area contributed by atoms with Crippen molar-refractivity contribution in [1.29, 1.82) is 0 Å². The topological polar surface area (TPSA) is 42.7 Å². The Labute approximate surface area is 106 Å². The van der Waals surface area contributed by atoms with Crippen molar-refractivity contribution in [2.24, 2.45) is 0 Å². The van der Waals surface area contributed by atoms with Gasteiger partial charge in [0.05, 0.1) is 17.6 Å². The first-order valence-electron chi connectivity index (χ1n) is 6.17. The standard InChI is InChI=1S/C14H16N4/c1-10-4-3-5-13(8-10)18-9-14(16-17-18)11(2)15-12-6-7-12/h3-5,8-9,12,15H,2,6-7H2,1H3. The van der Waals surface area contributed by atoms with E-state index in [-0.39, 0.29) is 0 Å². The third-order valence-corrected chi connectivity index (χ3v) is 3.02. The largest absolute Gasteiger partial charge is 0.381 e. The monoisotopic (exact) mass is 240 g/mol. The zero-order chi connectivity index (χ0) is 12.5. The van der Waals surface area contributed by atoms with E-state index < -0.39 is 0 Å². The van der Waals surface area contributed by atoms with Gasteiger partial charge in [-0.1, -0.05) is 23.9 Å². The van der Waals surface area contributed by atoms with Crippen LogP contribution in [-0.4, -0.2) is 21.0 Å². The van der Waals surface area contributed by atoms with Gasteiger partial charge in [-0.2, -0.15) is 0 Å². The average Bonchev–Trinajstić information content (AvgIpc) is 3.03. The molecule has 1 saturated carbocycles. The van der Waals surface area contributed by atoms with Crippen LogP contribution in [0.25, 0.3) is 11.4 Å². The van der Waals surface area contributed by atoms with Gasteiger partial charge in [0.1, 0.15) is 5.69 Å². The summed E-state index contributed by atoms with van der Waals surface area (Å²) >= 11 is 0. The maximum absolute atomic E-state index is 4.15. The second-order valence-corrected chi connectivity index (χ2v) is 4.78. The summed E-state index contributed by atoms with van der Waals surface area (Å²) in [5, 5.41) is 11.6. The maximum Gasteiger partial charge on any atom is 0.128 e. The van der Waals surface area contributed by atoms with Crippen molar-refractivity contribution in [3.8, 4) is 5.69 Å². The van der Waals surface area contributed by atoms with E-state index >= 15 is 0 Å². The number of nitrogens with zero attached hydrogens (tertiary/aromatic N) is 3. The first-order valence-corrected chi connectivity index (χ1v) is 6.17. The van der Waals surface area contributed by atoms with Gasteiger partial charge >= 0.3 is 0 Å². The van der Waals surface area contributed by atoms with Crippen molar-refractivity contribution in [1.82, 2.24) is 20.3 Å². The molecule has 0 aliphatic heterocycles. The molecule has 0 spiro atoms. The van der Waals surface area contributed by atoms with Crippen LogP contribution in [0, 0.1) is 6.92 Å². The van der Waals surface area contributed by atoms with Crippen molar-refractivity contribution < 1.29 is 0 Å². The summed E-state index contributed by atoms with van der Waals surface area (Å²) < 4.78 is 1.78. The highest BCUT2D eigenvalue weighted by molar-refractivity contribution is 5.58. The third kappa shape index (κ3) is 2.27. The lowest BCUT2D eigenvalue weighted by Crippen LogP contribution is -2.13. The Balaban J connectivity index is 1.82. The molecule has 0 bridgehead atoms. The van der Waals surface area contributed by atoms with Crippen LogP contribution in [0.4, 0.5) is 0 Å². The lowest BCUT2D eigenvalue weighted by molar-refractivity contribution is 0.799. The Morgan fingerprint density at radius 3 is 3.00 bits per heavy atom. The van der Waals surface area contributed by atoms with Gasteiger partial charge in [0, 0.05) is 6.04 Å². The molecule has 0 saturated heterocycles. The van der Waals surface area contributed by atoms with E-state index in [0.717, 1.165) is 17.1 Å². The molecule has 1 heterocycles. The lowest BCUT2D eigenvalue weighted by Gasteiger charge is -2.03. The number of aromatic nitrogens is 3. The molecule has 1 fully saturated rings. The van der Waals surface area contributed by atoms with Crippen LogP contribution in [0.3, 0.4) is 0 Å². The minimum atomic E-state index is 0.585. The molecule has 1 N–H and O–H groups in total. The van der Waals surface area contributed by atoms with Crippen molar-refractivity contribution in [3.63, 3.8) is 0 Å². The highest BCUT2D eigenvalue weighted by Crippen LogP contribution is 2.22. The number of hydrogen-bond donors (Lipinski definition) is 1. The van der Waals surface area contributed by atoms with Gasteiger partial charge in [0.2, 0.25) is 0 Å². The molecule has 0 amide bonds. The second kappa shape index (κ2) is 4.29. The minimum Gasteiger partial charge on any atom is -0.381 e. The van der Waals surface area contributed by atoms with Crippen molar-refractivity contribution >= 4 is 5.70 Å². The van der Waals surface area contributed by atoms with Crippen molar-refractivity contribution in [3.05, 3.63) is 48.3 Å². The molecule has 1 aliphatic carbocycles. The molecule has 0 unspecified atom stereocenters. The predicted octanol–water partition coefficient (Wildman–Crippen LogP) is 2.30. The molecule has 0 atom stereocenters. The summed E-state index contributed by atoms with van der Waals surface area (Å²) in [6, 6.07) is 8.76. The Morgan fingerprint density at radius 2 is 2.28 bits per heavy atom. The molecule has 18 heavy (non-hydrogen) atoms. The van der Waals surface area contributed by atoms with E-state index in [2.05, 4.69) is 41.3 Å². The second-order valence-electron chi connectivity index (χ2n) is 4.78. The van der Waals surface area contributed by atoms with E-state index in [1.165, 1.54) is 18.4 Å². The Bertz CT molecular complexity index is 581. The van der Waals surface area contributed by atoms with Crippen LogP contribution >= 0.6 is 0 Å². The molecule has 1 aromatic carbocycles. The Kier molecular flexibility index (Phi) is 2.63. The first kappa shape index (κ1) is 11.0. The number of nitrogens with one attached hydrogen (secondary N) is 1. The van der Waals surface area contributed by atoms with E-state index in [1.54, 1.807) is 4.68 Å². The Hall–Kier alpha value is -2.10. The lowest BCUT2D eigenvalue weighted by atomic mass is 10.2. The third-order valence-electron chi connectivity index (χ3n) is 3.02. The smallest absolute Gasteiger partial charge is 0.128 e. The number of benzene rings is 1. The molecule has 4 nitrogen and oxygen atoms in total. The quantitative estimate of drug-likeness (QED) is 0.891. The van der Waals surface area contributed by atoms with Crippen LogP contribution < -0.4 is 5.32 Å². The van der Waals surface area contributed by atoms with Gasteiger partial charge in [-0.05, 0) is 37.5 Å². The van der Waals surface area contributed by atoms with Gasteiger partial charge in [0.15, 0.2) is 0 Å². The number of aryl methyl sites for hydroxylation is 1. The highest BCUT2D eigenvalue weighted by atomic mass is 15.4. The van der Waals surface area contributed by atoms with Crippen LogP contribution in [0.2, 0.25) is 0 Å². The van der Waals surface area contributed by atoms with Crippen molar-refractivity contribution in [2.45, 2.75) is 25.8 Å². The first-order chi connectivity index (χ1) is 8.72. The molecule has 92 valence electrons. The van der Waals surface area contributed by atoms with Crippen LogP contribution in [0.5, 0.6) is 0 Å². The van der Waals surface area contributed by atoms with E-state index in [1.807, 2.05) is 18.3 Å². The van der Waals surface area contributed by atoms with Gasteiger partial charge in [-0.3, -0.25) is 0 Å². The fourth-order valence-electron chi connectivity index (χ4n) is 1.85. The fraction of sp³-hybridized carbons (Fsp3) is 0.286. The Morgan fingerprint density at radius 1 is 1.44 bits per heavy atom. The van der Waals surface area contributed by atoms with E-state index in [9.17, 15) is 0 Å². The SMILES string of the molecule is C=C(NC1CC1)c1cn(-c2cccc(C)c2)nn1. The highest BCUT2D eigenvalue weighted by Gasteiger charge is 2.22. The molecule has 1 aliphatic rings. The molecule has 2 aromatic rings. The molecule has 0 radical (unpaired) electrons. The average molecular weight is 240 g/mol. The van der Waals surface area contributed by atoms with Gasteiger partial charge in [-0.15, -0.1) is 5.10 Å². The number of hydrogen-bond acceptors (Lipinski definition) is 3. The van der Waals surface area contributed by atoms with Gasteiger partial charge in [-0.25, -0.2) is 4.68 Å². The zero-order valence-corrected chi connectivity index (χ0v) is 10.4. The van der Waals surface area contributed by atoms with E-state index in [4.69, 9.17) is 0 Å². The summed E-state index contributed by atoms with van der Waals surface area (Å²) in [6.07, 6.45) is 4.36. The summed E-state index contributed by atoms with van der Waals surface area (Å²) in [5.74, 6) is 0. The van der Waals surface area contributed by atoms with Crippen LogP contribution in [0.1, 0.15) is 24.1 Å². The van der Waals surface area contributed by atoms with Crippen LogP contribution in [-0.2, 0) is 0 Å². The summed E-state index contributed by atoms with van der Waals surface area (Å²) in [7, 11) is 0. The molecule has 1 aromatic heterocycles. The normalized spacial score (nSPS) is 14.5. The molecule has 3 rings (SSSR count). The van der Waals surface area contributed by atoms with Gasteiger partial charge in [0.25, 0.3) is 0 Å². The van der Waals surface area contributed by atoms with Crippen LogP contribution in [0.15, 0.2) is 37.0 Å². The number of rotatable bonds is 4. The minimum absolute atomic E-state index is 0.585. The van der Waals surface area contributed by atoms with Gasteiger partial charge < -0.3 is 5.32 Å².